The van der Waals surface area contributed by atoms with Crippen LogP contribution in [-0.2, 0) is 32.8 Å². The van der Waals surface area contributed by atoms with Crippen molar-refractivity contribution in [1.29, 1.82) is 0 Å². The van der Waals surface area contributed by atoms with Crippen molar-refractivity contribution in [3.8, 4) is 0 Å². The number of phosphoric ester groups is 1. The van der Waals surface area contributed by atoms with E-state index in [0.717, 1.165) is 89.9 Å². The van der Waals surface area contributed by atoms with E-state index in [-0.39, 0.29) is 31.9 Å². The number of nitrogens with zero attached hydrogens (tertiary/aromatic N) is 1. The molecule has 0 amide bonds. The van der Waals surface area contributed by atoms with Crippen LogP contribution in [0.2, 0.25) is 0 Å². The number of allylic oxidation sites excluding steroid dienone is 3. The van der Waals surface area contributed by atoms with Gasteiger partial charge in [-0.15, -0.1) is 0 Å². The molecule has 0 bridgehead atoms. The summed E-state index contributed by atoms with van der Waals surface area (Å²) in [6.07, 6.45) is 35.1. The summed E-state index contributed by atoms with van der Waals surface area (Å²) in [5.74, 6) is -0.289. The molecule has 0 saturated carbocycles. The van der Waals surface area contributed by atoms with Gasteiger partial charge in [-0.25, -0.2) is 4.89 Å². The van der Waals surface area contributed by atoms with E-state index in [1.807, 2.05) is 39.4 Å². The quantitative estimate of drug-likeness (QED) is 0.0123. The van der Waals surface area contributed by atoms with Crippen molar-refractivity contribution in [2.45, 2.75) is 187 Å². The molecule has 0 fully saturated rings. The minimum Gasteiger partial charge on any atom is -0.756 e. The fourth-order valence-corrected chi connectivity index (χ4v) is 6.52. The number of unbranched alkanes of at least 4 members (excludes halogenated alkanes) is 20. The third-order valence-corrected chi connectivity index (χ3v) is 10.2. The van der Waals surface area contributed by atoms with Crippen LogP contribution in [0, 0.1) is 0 Å². The summed E-state index contributed by atoms with van der Waals surface area (Å²) in [6, 6.07) is 0. The maximum atomic E-state index is 12.5. The van der Waals surface area contributed by atoms with Crippen LogP contribution in [0.1, 0.15) is 174 Å². The Hall–Kier alpha value is -1.10. The number of rotatable bonds is 40. The summed E-state index contributed by atoms with van der Waals surface area (Å²) in [5, 5.41) is 9.02. The molecule has 1 N–H and O–H groups in total. The minimum atomic E-state index is -4.51. The second kappa shape index (κ2) is 36.5. The number of ether oxygens (including phenoxy) is 2. The lowest BCUT2D eigenvalue weighted by Crippen LogP contribution is -2.37. The van der Waals surface area contributed by atoms with Crippen LogP contribution in [0.5, 0.6) is 0 Å². The van der Waals surface area contributed by atoms with E-state index in [4.69, 9.17) is 23.8 Å². The Morgan fingerprint density at radius 2 is 1.25 bits per heavy atom. The van der Waals surface area contributed by atoms with Crippen LogP contribution < -0.4 is 4.89 Å². The molecule has 53 heavy (non-hydrogen) atoms. The second-order valence-corrected chi connectivity index (χ2v) is 17.0. The van der Waals surface area contributed by atoms with Crippen molar-refractivity contribution in [3.05, 3.63) is 24.3 Å². The van der Waals surface area contributed by atoms with E-state index < -0.39 is 13.9 Å². The lowest BCUT2D eigenvalue weighted by atomic mass is 10.0. The molecule has 11 heteroatoms. The van der Waals surface area contributed by atoms with Crippen molar-refractivity contribution in [3.63, 3.8) is 0 Å². The average Bonchev–Trinajstić information content (AvgIpc) is 3.11. The molecule has 10 nitrogen and oxygen atoms in total. The minimum absolute atomic E-state index is 0.0247. The molecule has 0 aliphatic rings. The fraction of sp³-hybridized carbons (Fsp3) is 0.881. The van der Waals surface area contributed by atoms with Gasteiger partial charge in [0.2, 0.25) is 0 Å². The molecule has 0 radical (unpaired) electrons. The van der Waals surface area contributed by atoms with Gasteiger partial charge in [-0.2, -0.15) is 0 Å². The fourth-order valence-electron chi connectivity index (χ4n) is 5.79. The molecule has 0 heterocycles. The highest BCUT2D eigenvalue weighted by Crippen LogP contribution is 2.38. The molecule has 0 saturated heterocycles. The summed E-state index contributed by atoms with van der Waals surface area (Å²) in [5.41, 5.74) is 0. The predicted molar refractivity (Wildman–Crippen MR) is 216 cm³/mol. The van der Waals surface area contributed by atoms with Gasteiger partial charge in [-0.05, 0) is 32.1 Å². The van der Waals surface area contributed by atoms with Gasteiger partial charge in [0.25, 0.3) is 7.82 Å². The maximum absolute atomic E-state index is 12.5. The summed E-state index contributed by atoms with van der Waals surface area (Å²) in [7, 11) is 1.35. The number of esters is 1. The second-order valence-electron chi connectivity index (χ2n) is 15.6. The molecule has 0 aromatic rings. The summed E-state index contributed by atoms with van der Waals surface area (Å²) < 4.78 is 34.5. The van der Waals surface area contributed by atoms with Gasteiger partial charge >= 0.3 is 5.97 Å². The third-order valence-electron chi connectivity index (χ3n) is 9.26. The lowest BCUT2D eigenvalue weighted by molar-refractivity contribution is -0.870. The maximum Gasteiger partial charge on any atom is 0.305 e. The molecule has 0 aliphatic heterocycles. The summed E-state index contributed by atoms with van der Waals surface area (Å²) >= 11 is 0. The van der Waals surface area contributed by atoms with Crippen LogP contribution in [0.15, 0.2) is 24.3 Å². The Labute approximate surface area is 325 Å². The Kier molecular flexibility index (Phi) is 35.8. The number of quaternary nitrogens is 1. The highest BCUT2D eigenvalue weighted by atomic mass is 31.2. The van der Waals surface area contributed by atoms with Crippen LogP contribution in [0.25, 0.3) is 0 Å². The van der Waals surface area contributed by atoms with Gasteiger partial charge in [0.15, 0.2) is 0 Å². The van der Waals surface area contributed by atoms with Crippen LogP contribution >= 0.6 is 7.82 Å². The molecule has 0 rings (SSSR count). The molecular weight excluding hydrogens is 693 g/mol. The van der Waals surface area contributed by atoms with Gasteiger partial charge in [0, 0.05) is 13.0 Å². The number of carbonyl (C=O) groups excluding carboxylic acids is 1. The van der Waals surface area contributed by atoms with Crippen LogP contribution in [0.4, 0.5) is 0 Å². The average molecular weight is 776 g/mol. The van der Waals surface area contributed by atoms with Crippen LogP contribution in [0.3, 0.4) is 0 Å². The zero-order chi connectivity index (χ0) is 39.3. The normalized spacial score (nSPS) is 14.6. The zero-order valence-electron chi connectivity index (χ0n) is 34.8. The summed E-state index contributed by atoms with van der Waals surface area (Å²) in [6.45, 7) is 5.07. The monoisotopic (exact) mass is 776 g/mol. The molecule has 0 aliphatic carbocycles. The number of likely N-dealkylation sites (N-methyl/N-ethyl adjacent to an activating group) is 1. The Morgan fingerprint density at radius 1 is 0.698 bits per heavy atom. The van der Waals surface area contributed by atoms with Crippen LogP contribution in [-0.4, -0.2) is 82.0 Å². The van der Waals surface area contributed by atoms with Crippen molar-refractivity contribution in [1.82, 2.24) is 0 Å². The molecular formula is C42H82NO9P. The number of hydrogen-bond acceptors (Lipinski definition) is 9. The molecule has 314 valence electrons. The van der Waals surface area contributed by atoms with Gasteiger partial charge in [0.05, 0.1) is 27.7 Å². The number of hydrogen-bond donors (Lipinski definition) is 1. The van der Waals surface area contributed by atoms with Crippen molar-refractivity contribution < 1.29 is 47.4 Å². The first-order chi connectivity index (χ1) is 25.5. The zero-order valence-corrected chi connectivity index (χ0v) is 35.7. The first-order valence-corrected chi connectivity index (χ1v) is 22.8. The highest BCUT2D eigenvalue weighted by Gasteiger charge is 2.19. The molecule has 2 unspecified atom stereocenters. The van der Waals surface area contributed by atoms with E-state index in [1.165, 1.54) is 64.2 Å². The van der Waals surface area contributed by atoms with E-state index in [1.54, 1.807) is 0 Å². The van der Waals surface area contributed by atoms with E-state index in [2.05, 4.69) is 24.8 Å². The molecule has 0 spiro atoms. The van der Waals surface area contributed by atoms with E-state index >= 15 is 0 Å². The van der Waals surface area contributed by atoms with Gasteiger partial charge in [-0.1, -0.05) is 160 Å². The SMILES string of the molecule is CCCCCCCCCCCCCCCC(=O)OC[C@H](COP(=O)([O-])OCC[N+](C)(C)C)OCCCCCCCC/C=C/C=C/C(CCCCC)OO. The highest BCUT2D eigenvalue weighted by molar-refractivity contribution is 7.45. The predicted octanol–water partition coefficient (Wildman–Crippen LogP) is 10.9. The largest absolute Gasteiger partial charge is 0.756 e. The van der Waals surface area contributed by atoms with Crippen molar-refractivity contribution in [2.75, 3.05) is 54.1 Å². The summed E-state index contributed by atoms with van der Waals surface area (Å²) in [4.78, 5) is 29.4. The number of carbonyl (C=O) groups is 1. The number of phosphoric acid groups is 1. The third kappa shape index (κ3) is 39.0. The first-order valence-electron chi connectivity index (χ1n) is 21.3. The molecule has 3 atom stereocenters. The van der Waals surface area contributed by atoms with Crippen molar-refractivity contribution >= 4 is 13.8 Å². The Morgan fingerprint density at radius 3 is 1.83 bits per heavy atom. The Bertz CT molecular complexity index is 925. The van der Waals surface area contributed by atoms with Gasteiger partial charge in [0.1, 0.15) is 32.0 Å². The van der Waals surface area contributed by atoms with E-state index in [0.29, 0.717) is 24.1 Å². The molecule has 0 aromatic heterocycles. The standard InChI is InChI=1S/C42H82NO9P/c1-6-8-10-11-12-13-14-15-16-20-23-26-30-34-42(44)49-38-41(39-51-53(46,47)50-37-35-43(3,4)5)48-36-31-27-24-21-18-17-19-22-25-29-33-40(52-45)32-28-9-7-2/h22,25,29,33,40-41H,6-21,23-24,26-28,30-32,34-39H2,1-5H3,(H-,45,46,47)/b25-22+,33-29+/t40?,41-/m1/s1. The molecule has 0 aromatic carbocycles. The topological polar surface area (TPSA) is 124 Å². The first kappa shape index (κ1) is 51.9. The van der Waals surface area contributed by atoms with Crippen molar-refractivity contribution in [2.24, 2.45) is 0 Å². The van der Waals surface area contributed by atoms with Gasteiger partial charge in [-0.3, -0.25) is 14.6 Å². The smallest absolute Gasteiger partial charge is 0.305 e. The van der Waals surface area contributed by atoms with E-state index in [9.17, 15) is 14.3 Å². The van der Waals surface area contributed by atoms with Gasteiger partial charge < -0.3 is 27.9 Å². The Balaban J connectivity index is 4.34. The lowest BCUT2D eigenvalue weighted by Gasteiger charge is -2.28.